The van der Waals surface area contributed by atoms with Crippen molar-refractivity contribution >= 4 is 5.91 Å². The number of piperidine rings is 1. The van der Waals surface area contributed by atoms with E-state index < -0.39 is 0 Å². The number of likely N-dealkylation sites (tertiary alicyclic amines) is 1. The molecule has 0 saturated carbocycles. The van der Waals surface area contributed by atoms with Crippen LogP contribution in [0.15, 0.2) is 42.6 Å². The number of carbonyl (C=O) groups excluding carboxylic acids is 1. The summed E-state index contributed by atoms with van der Waals surface area (Å²) < 4.78 is 0. The third-order valence-electron chi connectivity index (χ3n) is 6.72. The summed E-state index contributed by atoms with van der Waals surface area (Å²) in [6.45, 7) is 10.4. The first kappa shape index (κ1) is 21.0. The van der Waals surface area contributed by atoms with Gasteiger partial charge in [0.1, 0.15) is 0 Å². The molecule has 0 bridgehead atoms. The molecule has 0 N–H and O–H groups in total. The molecule has 1 aromatic heterocycles. The van der Waals surface area contributed by atoms with Gasteiger partial charge in [0.2, 0.25) is 0 Å². The first-order valence-electron chi connectivity index (χ1n) is 11.3. The molecule has 2 fully saturated rings. The van der Waals surface area contributed by atoms with E-state index in [9.17, 15) is 4.79 Å². The van der Waals surface area contributed by atoms with E-state index in [2.05, 4.69) is 42.8 Å². The number of hydrogen-bond acceptors (Lipinski definition) is 4. The fraction of sp³-hybridized carbons (Fsp3) is 0.520. The van der Waals surface area contributed by atoms with Gasteiger partial charge < -0.3 is 14.7 Å². The van der Waals surface area contributed by atoms with E-state index in [-0.39, 0.29) is 5.91 Å². The van der Waals surface area contributed by atoms with Crippen LogP contribution in [0.1, 0.15) is 48.7 Å². The summed E-state index contributed by atoms with van der Waals surface area (Å²) in [7, 11) is 2.10. The summed E-state index contributed by atoms with van der Waals surface area (Å²) in [5.74, 6) is 0.702. The standard InChI is InChI=1S/C25H34N4O/c1-19(2)28-12-10-21(11-13-28)24-9-8-23(18-26-24)20-4-6-22(7-5-20)25(30)29-16-14-27(3)15-17-29/h4-9,18-19,21H,10-17H2,1-3H3. The van der Waals surface area contributed by atoms with E-state index in [1.807, 2.05) is 35.4 Å². The van der Waals surface area contributed by atoms with Crippen molar-refractivity contribution in [2.24, 2.45) is 0 Å². The van der Waals surface area contributed by atoms with Crippen molar-refractivity contribution in [2.75, 3.05) is 46.3 Å². The molecule has 1 aromatic carbocycles. The number of carbonyl (C=O) groups is 1. The summed E-state index contributed by atoms with van der Waals surface area (Å²) in [4.78, 5) is 24.3. The first-order valence-corrected chi connectivity index (χ1v) is 11.3. The average molecular weight is 407 g/mol. The summed E-state index contributed by atoms with van der Waals surface area (Å²) in [5, 5.41) is 0. The lowest BCUT2D eigenvalue weighted by Gasteiger charge is -2.34. The molecular formula is C25H34N4O. The number of rotatable bonds is 4. The van der Waals surface area contributed by atoms with E-state index in [0.717, 1.165) is 56.0 Å². The van der Waals surface area contributed by atoms with Gasteiger partial charge in [-0.25, -0.2) is 0 Å². The molecule has 2 aromatic rings. The SMILES string of the molecule is CC(C)N1CCC(c2ccc(-c3ccc(C(=O)N4CCN(C)CC4)cc3)cn2)CC1. The minimum Gasteiger partial charge on any atom is -0.336 e. The van der Waals surface area contributed by atoms with Gasteiger partial charge in [0.15, 0.2) is 0 Å². The Labute approximate surface area is 180 Å². The fourth-order valence-electron chi connectivity index (χ4n) is 4.53. The van der Waals surface area contributed by atoms with Gasteiger partial charge in [0.05, 0.1) is 0 Å². The van der Waals surface area contributed by atoms with E-state index >= 15 is 0 Å². The molecule has 0 aliphatic carbocycles. The predicted octanol–water partition coefficient (Wildman–Crippen LogP) is 3.72. The van der Waals surface area contributed by atoms with Crippen molar-refractivity contribution in [3.05, 3.63) is 53.9 Å². The molecule has 5 heteroatoms. The Kier molecular flexibility index (Phi) is 6.49. The molecule has 2 aliphatic rings. The Morgan fingerprint density at radius 2 is 1.53 bits per heavy atom. The minimum atomic E-state index is 0.135. The van der Waals surface area contributed by atoms with Gasteiger partial charge >= 0.3 is 0 Å². The number of piperazine rings is 1. The Bertz CT molecular complexity index is 830. The molecule has 1 amide bonds. The third kappa shape index (κ3) is 4.73. The van der Waals surface area contributed by atoms with Crippen LogP contribution >= 0.6 is 0 Å². The van der Waals surface area contributed by atoms with Gasteiger partial charge in [-0.05, 0) is 70.6 Å². The van der Waals surface area contributed by atoms with Crippen LogP contribution in [-0.2, 0) is 0 Å². The Hall–Kier alpha value is -2.24. The van der Waals surface area contributed by atoms with Crippen molar-refractivity contribution in [1.82, 2.24) is 19.7 Å². The Morgan fingerprint density at radius 3 is 2.10 bits per heavy atom. The number of benzene rings is 1. The highest BCUT2D eigenvalue weighted by Crippen LogP contribution is 2.29. The van der Waals surface area contributed by atoms with Crippen LogP contribution in [0.4, 0.5) is 0 Å². The first-order chi connectivity index (χ1) is 14.5. The molecule has 30 heavy (non-hydrogen) atoms. The molecule has 160 valence electrons. The van der Waals surface area contributed by atoms with Crippen molar-refractivity contribution < 1.29 is 4.79 Å². The maximum Gasteiger partial charge on any atom is 0.253 e. The summed E-state index contributed by atoms with van der Waals surface area (Å²) in [6.07, 6.45) is 4.36. The van der Waals surface area contributed by atoms with E-state index in [1.165, 1.54) is 18.5 Å². The lowest BCUT2D eigenvalue weighted by atomic mass is 9.92. The highest BCUT2D eigenvalue weighted by Gasteiger charge is 2.23. The molecular weight excluding hydrogens is 372 g/mol. The number of hydrogen-bond donors (Lipinski definition) is 0. The molecule has 0 radical (unpaired) electrons. The molecule has 2 aliphatic heterocycles. The van der Waals surface area contributed by atoms with Crippen LogP contribution in [0.5, 0.6) is 0 Å². The lowest BCUT2D eigenvalue weighted by Crippen LogP contribution is -2.47. The van der Waals surface area contributed by atoms with Gasteiger partial charge in [-0.3, -0.25) is 9.78 Å². The van der Waals surface area contributed by atoms with Gasteiger partial charge in [-0.1, -0.05) is 18.2 Å². The van der Waals surface area contributed by atoms with Crippen molar-refractivity contribution in [3.63, 3.8) is 0 Å². The zero-order valence-electron chi connectivity index (χ0n) is 18.6. The molecule has 0 atom stereocenters. The van der Waals surface area contributed by atoms with Crippen LogP contribution in [-0.4, -0.2) is 77.9 Å². The van der Waals surface area contributed by atoms with Gasteiger partial charge in [0, 0.05) is 61.2 Å². The topological polar surface area (TPSA) is 39.7 Å². The smallest absolute Gasteiger partial charge is 0.253 e. The molecule has 3 heterocycles. The number of likely N-dealkylation sites (N-methyl/N-ethyl adjacent to an activating group) is 1. The van der Waals surface area contributed by atoms with E-state index in [1.54, 1.807) is 0 Å². The van der Waals surface area contributed by atoms with Crippen molar-refractivity contribution in [2.45, 2.75) is 38.6 Å². The van der Waals surface area contributed by atoms with Crippen LogP contribution in [0, 0.1) is 0 Å². The summed E-state index contributed by atoms with van der Waals surface area (Å²) >= 11 is 0. The molecule has 0 spiro atoms. The summed E-state index contributed by atoms with van der Waals surface area (Å²) in [5.41, 5.74) is 4.20. The largest absolute Gasteiger partial charge is 0.336 e. The van der Waals surface area contributed by atoms with Gasteiger partial charge in [-0.2, -0.15) is 0 Å². The highest BCUT2D eigenvalue weighted by molar-refractivity contribution is 5.94. The molecule has 5 nitrogen and oxygen atoms in total. The average Bonchev–Trinajstić information content (AvgIpc) is 2.79. The fourth-order valence-corrected chi connectivity index (χ4v) is 4.53. The lowest BCUT2D eigenvalue weighted by molar-refractivity contribution is 0.0664. The summed E-state index contributed by atoms with van der Waals surface area (Å²) in [6, 6.07) is 13.0. The second kappa shape index (κ2) is 9.27. The zero-order chi connectivity index (χ0) is 21.1. The molecule has 2 saturated heterocycles. The van der Waals surface area contributed by atoms with E-state index in [0.29, 0.717) is 12.0 Å². The number of amides is 1. The second-order valence-corrected chi connectivity index (χ2v) is 9.05. The normalized spacial score (nSPS) is 19.4. The second-order valence-electron chi connectivity index (χ2n) is 9.05. The van der Waals surface area contributed by atoms with Crippen molar-refractivity contribution in [1.29, 1.82) is 0 Å². The van der Waals surface area contributed by atoms with Crippen molar-refractivity contribution in [3.8, 4) is 11.1 Å². The molecule has 4 rings (SSSR count). The van der Waals surface area contributed by atoms with Crippen LogP contribution in [0.25, 0.3) is 11.1 Å². The monoisotopic (exact) mass is 406 g/mol. The third-order valence-corrected chi connectivity index (χ3v) is 6.72. The predicted molar refractivity (Wildman–Crippen MR) is 122 cm³/mol. The zero-order valence-corrected chi connectivity index (χ0v) is 18.6. The number of nitrogens with zero attached hydrogens (tertiary/aromatic N) is 4. The minimum absolute atomic E-state index is 0.135. The highest BCUT2D eigenvalue weighted by atomic mass is 16.2. The number of aromatic nitrogens is 1. The van der Waals surface area contributed by atoms with Crippen LogP contribution in [0.3, 0.4) is 0 Å². The van der Waals surface area contributed by atoms with Crippen LogP contribution in [0.2, 0.25) is 0 Å². The Balaban J connectivity index is 1.38. The number of pyridine rings is 1. The maximum atomic E-state index is 12.7. The quantitative estimate of drug-likeness (QED) is 0.776. The Morgan fingerprint density at radius 1 is 0.900 bits per heavy atom. The van der Waals surface area contributed by atoms with Gasteiger partial charge in [0.25, 0.3) is 5.91 Å². The maximum absolute atomic E-state index is 12.7. The molecule has 0 unspecified atom stereocenters. The van der Waals surface area contributed by atoms with E-state index in [4.69, 9.17) is 4.98 Å². The van der Waals surface area contributed by atoms with Gasteiger partial charge in [-0.15, -0.1) is 0 Å². The van der Waals surface area contributed by atoms with Crippen LogP contribution < -0.4 is 0 Å².